The number of benzene rings is 2. The van der Waals surface area contributed by atoms with Crippen molar-refractivity contribution in [2.75, 3.05) is 0 Å². The van der Waals surface area contributed by atoms with E-state index < -0.39 is 0 Å². The summed E-state index contributed by atoms with van der Waals surface area (Å²) in [5, 5.41) is 0. The number of rotatable bonds is 5. The Kier molecular flexibility index (Phi) is 4.51. The van der Waals surface area contributed by atoms with Crippen molar-refractivity contribution in [2.24, 2.45) is 0 Å². The van der Waals surface area contributed by atoms with Crippen molar-refractivity contribution in [1.29, 1.82) is 0 Å². The Morgan fingerprint density at radius 3 is 2.50 bits per heavy atom. The van der Waals surface area contributed by atoms with Gasteiger partial charge in [0.2, 0.25) is 0 Å². The molecular formula is C17H17FO2. The number of ether oxygens (including phenoxy) is 1. The fraction of sp³-hybridized carbons (Fsp3) is 0.235. The van der Waals surface area contributed by atoms with Gasteiger partial charge in [-0.05, 0) is 54.8 Å². The molecule has 0 saturated heterocycles. The Morgan fingerprint density at radius 2 is 1.85 bits per heavy atom. The van der Waals surface area contributed by atoms with Gasteiger partial charge in [0.1, 0.15) is 24.0 Å². The standard InChI is InChI=1S/C17H17FO2/c1-12-3-6-16(18)10-15(12)11-20-17-7-4-14(5-8-17)9-13(2)19/h3-8,10H,9,11H2,1-2H3. The molecule has 0 aliphatic heterocycles. The van der Waals surface area contributed by atoms with Gasteiger partial charge in [-0.15, -0.1) is 0 Å². The number of halogens is 1. The zero-order chi connectivity index (χ0) is 14.5. The summed E-state index contributed by atoms with van der Waals surface area (Å²) in [5.74, 6) is 0.584. The molecule has 0 aliphatic rings. The first-order valence-electron chi connectivity index (χ1n) is 6.51. The van der Waals surface area contributed by atoms with E-state index in [1.165, 1.54) is 12.1 Å². The second-order valence-electron chi connectivity index (χ2n) is 4.88. The number of carbonyl (C=O) groups excluding carboxylic acids is 1. The van der Waals surface area contributed by atoms with E-state index >= 15 is 0 Å². The molecule has 0 atom stereocenters. The quantitative estimate of drug-likeness (QED) is 0.826. The number of hydrogen-bond acceptors (Lipinski definition) is 2. The summed E-state index contributed by atoms with van der Waals surface area (Å²) in [5.41, 5.74) is 2.80. The van der Waals surface area contributed by atoms with Crippen molar-refractivity contribution in [3.05, 3.63) is 65.0 Å². The van der Waals surface area contributed by atoms with Crippen LogP contribution in [0.5, 0.6) is 5.75 Å². The van der Waals surface area contributed by atoms with Crippen LogP contribution in [0.25, 0.3) is 0 Å². The summed E-state index contributed by atoms with van der Waals surface area (Å²) in [6.07, 6.45) is 0.434. The maximum atomic E-state index is 13.2. The van der Waals surface area contributed by atoms with Gasteiger partial charge in [0.25, 0.3) is 0 Å². The van der Waals surface area contributed by atoms with Gasteiger partial charge in [-0.3, -0.25) is 4.79 Å². The zero-order valence-electron chi connectivity index (χ0n) is 11.7. The molecule has 20 heavy (non-hydrogen) atoms. The molecule has 0 amide bonds. The highest BCUT2D eigenvalue weighted by Crippen LogP contribution is 2.17. The van der Waals surface area contributed by atoms with Crippen LogP contribution >= 0.6 is 0 Å². The molecule has 0 heterocycles. The highest BCUT2D eigenvalue weighted by molar-refractivity contribution is 5.78. The first kappa shape index (κ1) is 14.3. The van der Waals surface area contributed by atoms with Crippen LogP contribution in [0.15, 0.2) is 42.5 Å². The van der Waals surface area contributed by atoms with Crippen LogP contribution in [-0.2, 0) is 17.8 Å². The Bertz CT molecular complexity index is 603. The fourth-order valence-corrected chi connectivity index (χ4v) is 1.95. The lowest BCUT2D eigenvalue weighted by molar-refractivity contribution is -0.116. The molecule has 0 bridgehead atoms. The SMILES string of the molecule is CC(=O)Cc1ccc(OCc2cc(F)ccc2C)cc1. The van der Waals surface area contributed by atoms with Gasteiger partial charge in [0, 0.05) is 6.42 Å². The van der Waals surface area contributed by atoms with Crippen LogP contribution in [0, 0.1) is 12.7 Å². The molecule has 0 aliphatic carbocycles. The smallest absolute Gasteiger partial charge is 0.134 e. The Balaban J connectivity index is 2.00. The summed E-state index contributed by atoms with van der Waals surface area (Å²) >= 11 is 0. The van der Waals surface area contributed by atoms with Gasteiger partial charge in [0.05, 0.1) is 0 Å². The van der Waals surface area contributed by atoms with Crippen LogP contribution in [0.1, 0.15) is 23.6 Å². The van der Waals surface area contributed by atoms with Crippen LogP contribution < -0.4 is 4.74 Å². The molecular weight excluding hydrogens is 255 g/mol. The molecule has 2 nitrogen and oxygen atoms in total. The second-order valence-corrected chi connectivity index (χ2v) is 4.88. The molecule has 2 aromatic carbocycles. The van der Waals surface area contributed by atoms with Crippen molar-refractivity contribution < 1.29 is 13.9 Å². The third-order valence-corrected chi connectivity index (χ3v) is 3.08. The van der Waals surface area contributed by atoms with Gasteiger partial charge in [-0.2, -0.15) is 0 Å². The number of Topliss-reactive ketones (excluding diaryl/α,β-unsaturated/α-hetero) is 1. The molecule has 0 fully saturated rings. The van der Waals surface area contributed by atoms with Crippen molar-refractivity contribution >= 4 is 5.78 Å². The van der Waals surface area contributed by atoms with Crippen molar-refractivity contribution in [2.45, 2.75) is 26.9 Å². The number of carbonyl (C=O) groups is 1. The van der Waals surface area contributed by atoms with E-state index in [4.69, 9.17) is 4.74 Å². The minimum absolute atomic E-state index is 0.133. The van der Waals surface area contributed by atoms with E-state index in [-0.39, 0.29) is 11.6 Å². The molecule has 2 aromatic rings. The first-order valence-corrected chi connectivity index (χ1v) is 6.51. The summed E-state index contributed by atoms with van der Waals surface area (Å²) in [6.45, 7) is 3.82. The number of ketones is 1. The zero-order valence-corrected chi connectivity index (χ0v) is 11.7. The van der Waals surface area contributed by atoms with Crippen molar-refractivity contribution in [1.82, 2.24) is 0 Å². The average Bonchev–Trinajstić information content (AvgIpc) is 2.41. The highest BCUT2D eigenvalue weighted by Gasteiger charge is 2.03. The Morgan fingerprint density at radius 1 is 1.15 bits per heavy atom. The third-order valence-electron chi connectivity index (χ3n) is 3.08. The number of aryl methyl sites for hydroxylation is 1. The highest BCUT2D eigenvalue weighted by atomic mass is 19.1. The van der Waals surface area contributed by atoms with E-state index in [0.717, 1.165) is 16.7 Å². The minimum atomic E-state index is -0.258. The molecule has 104 valence electrons. The molecule has 0 spiro atoms. The van der Waals surface area contributed by atoms with Gasteiger partial charge < -0.3 is 4.74 Å². The van der Waals surface area contributed by atoms with E-state index in [9.17, 15) is 9.18 Å². The average molecular weight is 272 g/mol. The molecule has 2 rings (SSSR count). The van der Waals surface area contributed by atoms with Crippen LogP contribution in [-0.4, -0.2) is 5.78 Å². The van der Waals surface area contributed by atoms with E-state index in [1.54, 1.807) is 13.0 Å². The Hall–Kier alpha value is -2.16. The van der Waals surface area contributed by atoms with Gasteiger partial charge in [0.15, 0.2) is 0 Å². The second kappa shape index (κ2) is 6.33. The summed E-state index contributed by atoms with van der Waals surface area (Å²) < 4.78 is 18.8. The largest absolute Gasteiger partial charge is 0.489 e. The van der Waals surface area contributed by atoms with Gasteiger partial charge >= 0.3 is 0 Å². The lowest BCUT2D eigenvalue weighted by Crippen LogP contribution is -1.99. The normalized spacial score (nSPS) is 10.3. The van der Waals surface area contributed by atoms with E-state index in [0.29, 0.717) is 18.8 Å². The van der Waals surface area contributed by atoms with Crippen LogP contribution in [0.4, 0.5) is 4.39 Å². The molecule has 0 N–H and O–H groups in total. The van der Waals surface area contributed by atoms with Gasteiger partial charge in [-0.25, -0.2) is 4.39 Å². The van der Waals surface area contributed by atoms with Gasteiger partial charge in [-0.1, -0.05) is 18.2 Å². The van der Waals surface area contributed by atoms with Crippen LogP contribution in [0.2, 0.25) is 0 Å². The maximum absolute atomic E-state index is 13.2. The topological polar surface area (TPSA) is 26.3 Å². The summed E-state index contributed by atoms with van der Waals surface area (Å²) in [4.78, 5) is 11.0. The third kappa shape index (κ3) is 3.92. The predicted molar refractivity (Wildman–Crippen MR) is 76.3 cm³/mol. The summed E-state index contributed by atoms with van der Waals surface area (Å²) in [6, 6.07) is 12.1. The molecule has 0 saturated carbocycles. The monoisotopic (exact) mass is 272 g/mol. The fourth-order valence-electron chi connectivity index (χ4n) is 1.95. The van der Waals surface area contributed by atoms with Crippen molar-refractivity contribution in [3.63, 3.8) is 0 Å². The lowest BCUT2D eigenvalue weighted by Gasteiger charge is -2.09. The molecule has 0 unspecified atom stereocenters. The van der Waals surface area contributed by atoms with Crippen molar-refractivity contribution in [3.8, 4) is 5.75 Å². The number of hydrogen-bond donors (Lipinski definition) is 0. The van der Waals surface area contributed by atoms with Crippen LogP contribution in [0.3, 0.4) is 0 Å². The Labute approximate surface area is 118 Å². The first-order chi connectivity index (χ1) is 9.54. The minimum Gasteiger partial charge on any atom is -0.489 e. The van der Waals surface area contributed by atoms with E-state index in [2.05, 4.69) is 0 Å². The maximum Gasteiger partial charge on any atom is 0.134 e. The molecule has 3 heteroatoms. The molecule has 0 aromatic heterocycles. The summed E-state index contributed by atoms with van der Waals surface area (Å²) in [7, 11) is 0. The lowest BCUT2D eigenvalue weighted by atomic mass is 10.1. The predicted octanol–water partition coefficient (Wildman–Crippen LogP) is 3.84. The van der Waals surface area contributed by atoms with E-state index in [1.807, 2.05) is 31.2 Å². The molecule has 0 radical (unpaired) electrons.